The monoisotopic (exact) mass is 636 g/mol. The Morgan fingerprint density at radius 3 is 1.26 bits per heavy atom. The molecule has 6 heteroatoms. The summed E-state index contributed by atoms with van der Waals surface area (Å²) in [4.78, 5) is 27.6. The van der Waals surface area contributed by atoms with Crippen LogP contribution < -0.4 is 11.5 Å². The van der Waals surface area contributed by atoms with Gasteiger partial charge in [0.25, 0.3) is 0 Å². The van der Waals surface area contributed by atoms with E-state index in [1.54, 1.807) is 0 Å². The maximum atomic E-state index is 13.8. The maximum Gasteiger partial charge on any atom is 0.168 e. The SMILES string of the molecule is CCCCC(C(=O)CCc1cc(C(C)(C)C)c(O)c(C(C)(C)C)c1)C(N)(N)C(=O)CCc1cc(C(C)(C)C)c(O)c(C(C)(C)C)c1. The summed E-state index contributed by atoms with van der Waals surface area (Å²) in [7, 11) is 0. The molecule has 0 aromatic heterocycles. The average Bonchev–Trinajstić information content (AvgIpc) is 2.89. The zero-order chi connectivity index (χ0) is 35.6. The first-order valence-corrected chi connectivity index (χ1v) is 17.1. The van der Waals surface area contributed by atoms with Gasteiger partial charge in [0.05, 0.1) is 5.92 Å². The van der Waals surface area contributed by atoms with Crippen molar-refractivity contribution in [3.8, 4) is 11.5 Å². The van der Waals surface area contributed by atoms with Crippen LogP contribution in [0, 0.1) is 5.92 Å². The summed E-state index contributed by atoms with van der Waals surface area (Å²) >= 11 is 0. The van der Waals surface area contributed by atoms with Gasteiger partial charge >= 0.3 is 0 Å². The molecule has 1 atom stereocenters. The molecule has 0 aliphatic carbocycles. The number of carbonyl (C=O) groups is 2. The fourth-order valence-electron chi connectivity index (χ4n) is 6.15. The molecule has 0 saturated carbocycles. The third kappa shape index (κ3) is 9.67. The lowest BCUT2D eigenvalue weighted by atomic mass is 9.76. The van der Waals surface area contributed by atoms with Crippen LogP contribution in [-0.2, 0) is 44.1 Å². The Hall–Kier alpha value is -2.70. The number of nitrogens with two attached hydrogens (primary N) is 2. The van der Waals surface area contributed by atoms with Crippen molar-refractivity contribution in [2.45, 2.75) is 162 Å². The lowest BCUT2D eigenvalue weighted by Gasteiger charge is -2.32. The van der Waals surface area contributed by atoms with Crippen LogP contribution in [0.1, 0.15) is 155 Å². The van der Waals surface area contributed by atoms with Crippen LogP contribution in [0.5, 0.6) is 11.5 Å². The molecule has 0 bridgehead atoms. The number of ketones is 2. The van der Waals surface area contributed by atoms with Gasteiger partial charge in [-0.3, -0.25) is 9.59 Å². The number of Topliss-reactive ketones (excluding diaryl/α,β-unsaturated/α-hetero) is 2. The summed E-state index contributed by atoms with van der Waals surface area (Å²) in [6.07, 6.45) is 3.23. The van der Waals surface area contributed by atoms with Gasteiger partial charge < -0.3 is 21.7 Å². The molecular weight excluding hydrogens is 572 g/mol. The highest BCUT2D eigenvalue weighted by Gasteiger charge is 2.41. The van der Waals surface area contributed by atoms with E-state index in [9.17, 15) is 19.8 Å². The van der Waals surface area contributed by atoms with Crippen molar-refractivity contribution in [1.82, 2.24) is 0 Å². The zero-order valence-corrected chi connectivity index (χ0v) is 31.2. The number of hydrogen-bond donors (Lipinski definition) is 4. The normalized spacial score (nSPS) is 14.0. The van der Waals surface area contributed by atoms with Gasteiger partial charge in [-0.1, -0.05) is 127 Å². The standard InChI is InChI=1S/C40H64N2O4/c1-14-15-16-27(32(43)19-17-25-21-28(36(2,3)4)34(45)29(22-25)37(5,6)7)40(41,42)33(44)20-18-26-23-30(38(8,9)10)35(46)31(24-26)39(11,12)13/h21-24,27,45-46H,14-20,41-42H2,1-13H3. The minimum absolute atomic E-state index is 0.0999. The van der Waals surface area contributed by atoms with Crippen LogP contribution in [-0.4, -0.2) is 27.4 Å². The number of aromatic hydroxyl groups is 2. The molecule has 6 N–H and O–H groups in total. The molecule has 2 aromatic rings. The summed E-state index contributed by atoms with van der Waals surface area (Å²) in [6, 6.07) is 7.94. The maximum absolute atomic E-state index is 13.8. The molecule has 0 saturated heterocycles. The minimum Gasteiger partial charge on any atom is -0.507 e. The number of phenolic OH excluding ortho intramolecular Hbond substituents is 2. The summed E-state index contributed by atoms with van der Waals surface area (Å²) in [5.41, 5.74) is 15.6. The van der Waals surface area contributed by atoms with Crippen molar-refractivity contribution in [2.75, 3.05) is 0 Å². The van der Waals surface area contributed by atoms with Gasteiger partial charge in [-0.2, -0.15) is 0 Å². The van der Waals surface area contributed by atoms with E-state index in [-0.39, 0.29) is 46.1 Å². The molecule has 0 heterocycles. The predicted octanol–water partition coefficient (Wildman–Crippen LogP) is 8.41. The Kier molecular flexibility index (Phi) is 12.2. The number of aryl methyl sites for hydroxylation is 2. The average molecular weight is 637 g/mol. The summed E-state index contributed by atoms with van der Waals surface area (Å²) in [5.74, 6) is -0.632. The number of benzene rings is 2. The highest BCUT2D eigenvalue weighted by atomic mass is 16.3. The van der Waals surface area contributed by atoms with E-state index in [1.807, 2.05) is 31.2 Å². The van der Waals surface area contributed by atoms with E-state index in [2.05, 4.69) is 83.1 Å². The fraction of sp³-hybridized carbons (Fsp3) is 0.650. The molecule has 2 aromatic carbocycles. The molecule has 0 radical (unpaired) electrons. The lowest BCUT2D eigenvalue weighted by molar-refractivity contribution is -0.134. The number of unbranched alkanes of at least 4 members (excludes halogenated alkanes) is 1. The van der Waals surface area contributed by atoms with E-state index in [1.165, 1.54) is 0 Å². The van der Waals surface area contributed by atoms with Crippen LogP contribution in [0.3, 0.4) is 0 Å². The number of phenols is 2. The van der Waals surface area contributed by atoms with Crippen LogP contribution in [0.4, 0.5) is 0 Å². The minimum atomic E-state index is -1.79. The summed E-state index contributed by atoms with van der Waals surface area (Å²) < 4.78 is 0. The van der Waals surface area contributed by atoms with Crippen molar-refractivity contribution in [3.05, 3.63) is 57.6 Å². The van der Waals surface area contributed by atoms with Gasteiger partial charge in [0.15, 0.2) is 5.78 Å². The predicted molar refractivity (Wildman–Crippen MR) is 192 cm³/mol. The first kappa shape index (κ1) is 39.5. The molecule has 2 rings (SSSR count). The molecule has 258 valence electrons. The van der Waals surface area contributed by atoms with E-state index in [0.717, 1.165) is 46.2 Å². The second-order valence-corrected chi connectivity index (χ2v) is 17.6. The van der Waals surface area contributed by atoms with Crippen LogP contribution in [0.2, 0.25) is 0 Å². The molecule has 0 aliphatic heterocycles. The largest absolute Gasteiger partial charge is 0.507 e. The van der Waals surface area contributed by atoms with E-state index < -0.39 is 11.6 Å². The fourth-order valence-corrected chi connectivity index (χ4v) is 6.15. The third-order valence-corrected chi connectivity index (χ3v) is 9.17. The van der Waals surface area contributed by atoms with Gasteiger partial charge in [0.2, 0.25) is 0 Å². The number of carbonyl (C=O) groups excluding carboxylic acids is 2. The molecule has 0 fully saturated rings. The van der Waals surface area contributed by atoms with Crippen molar-refractivity contribution < 1.29 is 19.8 Å². The molecular formula is C40H64N2O4. The smallest absolute Gasteiger partial charge is 0.168 e. The topological polar surface area (TPSA) is 127 Å². The van der Waals surface area contributed by atoms with E-state index in [0.29, 0.717) is 30.8 Å². The molecule has 46 heavy (non-hydrogen) atoms. The van der Waals surface area contributed by atoms with Crippen molar-refractivity contribution in [2.24, 2.45) is 17.4 Å². The van der Waals surface area contributed by atoms with Gasteiger partial charge in [-0.15, -0.1) is 0 Å². The molecule has 0 aliphatic rings. The van der Waals surface area contributed by atoms with Gasteiger partial charge in [0.1, 0.15) is 22.9 Å². The Balaban J connectivity index is 2.36. The van der Waals surface area contributed by atoms with Crippen LogP contribution in [0.25, 0.3) is 0 Å². The second kappa shape index (κ2) is 14.2. The van der Waals surface area contributed by atoms with Gasteiger partial charge in [-0.05, 0) is 74.3 Å². The molecule has 0 spiro atoms. The van der Waals surface area contributed by atoms with Crippen LogP contribution >= 0.6 is 0 Å². The zero-order valence-electron chi connectivity index (χ0n) is 31.2. The van der Waals surface area contributed by atoms with E-state index in [4.69, 9.17) is 11.5 Å². The summed E-state index contributed by atoms with van der Waals surface area (Å²) in [6.45, 7) is 26.8. The third-order valence-electron chi connectivity index (χ3n) is 9.17. The first-order chi connectivity index (χ1) is 20.7. The Bertz CT molecular complexity index is 1320. The lowest BCUT2D eigenvalue weighted by Crippen LogP contribution is -2.63. The number of hydrogen-bond acceptors (Lipinski definition) is 6. The Morgan fingerprint density at radius 2 is 0.957 bits per heavy atom. The second-order valence-electron chi connectivity index (χ2n) is 17.6. The summed E-state index contributed by atoms with van der Waals surface area (Å²) in [5, 5.41) is 22.2. The quantitative estimate of drug-likeness (QED) is 0.173. The Morgan fingerprint density at radius 1 is 0.630 bits per heavy atom. The van der Waals surface area contributed by atoms with Crippen molar-refractivity contribution in [1.29, 1.82) is 0 Å². The highest BCUT2D eigenvalue weighted by molar-refractivity contribution is 5.95. The molecule has 0 amide bonds. The van der Waals surface area contributed by atoms with Crippen LogP contribution in [0.15, 0.2) is 24.3 Å². The van der Waals surface area contributed by atoms with Gasteiger partial charge in [0, 0.05) is 12.8 Å². The molecule has 1 unspecified atom stereocenters. The first-order valence-electron chi connectivity index (χ1n) is 17.1. The highest BCUT2D eigenvalue weighted by Crippen LogP contribution is 2.41. The number of rotatable bonds is 12. The van der Waals surface area contributed by atoms with Crippen molar-refractivity contribution in [3.63, 3.8) is 0 Å². The van der Waals surface area contributed by atoms with Crippen molar-refractivity contribution >= 4 is 11.6 Å². The molecule has 6 nitrogen and oxygen atoms in total. The van der Waals surface area contributed by atoms with E-state index >= 15 is 0 Å². The van der Waals surface area contributed by atoms with Gasteiger partial charge in [-0.25, -0.2) is 0 Å². The Labute approximate surface area is 279 Å².